The Morgan fingerprint density at radius 2 is 1.06 bits per heavy atom. The summed E-state index contributed by atoms with van der Waals surface area (Å²) < 4.78 is 0. The quantitative estimate of drug-likeness (QED) is 0.123. The summed E-state index contributed by atoms with van der Waals surface area (Å²) >= 11 is 3.64. The average molecular weight is 832 g/mol. The molecule has 49 heavy (non-hydrogen) atoms. The fourth-order valence-corrected chi connectivity index (χ4v) is 5.98. The maximum absolute atomic E-state index is 2.35. The third-order valence-corrected chi connectivity index (χ3v) is 8.81. The van der Waals surface area contributed by atoms with Crippen LogP contribution in [0.4, 0.5) is 0 Å². The molecule has 6 aromatic rings. The summed E-state index contributed by atoms with van der Waals surface area (Å²) in [5, 5.41) is 5.47. The maximum atomic E-state index is 2.35. The Kier molecular flexibility index (Phi) is 18.9. The Labute approximate surface area is 331 Å². The molecular formula is C45H56Cl2GeZr-4. The summed E-state index contributed by atoms with van der Waals surface area (Å²) in [4.78, 5) is 0. The molecule has 2 radical (unpaired) electrons. The monoisotopic (exact) mass is 830 g/mol. The second-order valence-electron chi connectivity index (χ2n) is 14.7. The molecule has 0 aromatic heterocycles. The van der Waals surface area contributed by atoms with Gasteiger partial charge in [0.2, 0.25) is 0 Å². The first kappa shape index (κ1) is 47.1. The first-order chi connectivity index (χ1) is 21.2. The average Bonchev–Trinajstić information content (AvgIpc) is 3.62. The van der Waals surface area contributed by atoms with E-state index in [2.05, 4.69) is 185 Å². The van der Waals surface area contributed by atoms with Crippen molar-refractivity contribution in [2.45, 2.75) is 86.0 Å². The molecule has 0 nitrogen and oxygen atoms in total. The van der Waals surface area contributed by atoms with Gasteiger partial charge in [0, 0.05) is 0 Å². The fraction of sp³-hybridized carbons (Fsp3) is 0.289. The van der Waals surface area contributed by atoms with Crippen LogP contribution in [0, 0.1) is 28.7 Å². The van der Waals surface area contributed by atoms with E-state index in [-0.39, 0.29) is 50.5 Å². The van der Waals surface area contributed by atoms with Crippen molar-refractivity contribution in [2.24, 2.45) is 0 Å². The van der Waals surface area contributed by atoms with E-state index in [1.165, 1.54) is 71.6 Å². The number of hydrogen-bond donors (Lipinski definition) is 0. The van der Waals surface area contributed by atoms with Crippen LogP contribution in [0.25, 0.3) is 43.8 Å². The van der Waals surface area contributed by atoms with E-state index in [1.54, 1.807) is 21.6 Å². The van der Waals surface area contributed by atoms with Crippen molar-refractivity contribution in [2.75, 3.05) is 0 Å². The zero-order chi connectivity index (χ0) is 33.1. The predicted octanol–water partition coefficient (Wildman–Crippen LogP) is 14.1. The van der Waals surface area contributed by atoms with E-state index in [0.29, 0.717) is 5.92 Å². The van der Waals surface area contributed by atoms with Gasteiger partial charge in [-0.25, -0.2) is 0 Å². The van der Waals surface area contributed by atoms with Crippen LogP contribution in [-0.2, 0) is 32.4 Å². The molecule has 6 rings (SSSR count). The van der Waals surface area contributed by atoms with E-state index in [9.17, 15) is 0 Å². The third kappa shape index (κ3) is 11.3. The van der Waals surface area contributed by atoms with Crippen LogP contribution >= 0.6 is 24.8 Å². The summed E-state index contributed by atoms with van der Waals surface area (Å²) in [7, 11) is 0. The van der Waals surface area contributed by atoms with E-state index >= 15 is 0 Å². The first-order valence-electron chi connectivity index (χ1n) is 16.1. The molecule has 0 bridgehead atoms. The van der Waals surface area contributed by atoms with Gasteiger partial charge in [-0.1, -0.05) is 141 Å². The second kappa shape index (κ2) is 19.6. The van der Waals surface area contributed by atoms with Crippen LogP contribution in [0.1, 0.15) is 89.1 Å². The number of benzene rings is 4. The molecule has 0 aliphatic rings. The molecular weight excluding hydrogens is 775 g/mol. The minimum absolute atomic E-state index is 0. The van der Waals surface area contributed by atoms with E-state index in [0.717, 1.165) is 0 Å². The Balaban J connectivity index is 0.000000831. The van der Waals surface area contributed by atoms with Gasteiger partial charge in [0.15, 0.2) is 0 Å². The van der Waals surface area contributed by atoms with Crippen molar-refractivity contribution in [1.82, 2.24) is 0 Å². The Morgan fingerprint density at radius 1 is 0.592 bits per heavy atom. The Hall–Kier alpha value is -1.89. The molecule has 0 aliphatic heterocycles. The molecule has 0 spiro atoms. The van der Waals surface area contributed by atoms with Crippen molar-refractivity contribution in [3.63, 3.8) is 0 Å². The summed E-state index contributed by atoms with van der Waals surface area (Å²) in [6, 6.07) is 38.5. The number of hydrogen-bond acceptors (Lipinski definition) is 0. The van der Waals surface area contributed by atoms with Gasteiger partial charge in [-0.15, -0.1) is 93.4 Å². The van der Waals surface area contributed by atoms with Crippen LogP contribution in [-0.4, -0.2) is 12.1 Å². The molecule has 0 atom stereocenters. The molecule has 4 heteroatoms. The topological polar surface area (TPSA) is 0 Å². The van der Waals surface area contributed by atoms with Gasteiger partial charge in [0.05, 0.1) is 0 Å². The van der Waals surface area contributed by atoms with Gasteiger partial charge in [-0.2, -0.15) is 12.1 Å². The summed E-state index contributed by atoms with van der Waals surface area (Å²) in [6.45, 7) is 22.4. The van der Waals surface area contributed by atoms with Gasteiger partial charge >= 0.3 is 33.7 Å². The number of aryl methyl sites for hydroxylation is 2. The molecule has 0 aliphatic carbocycles. The standard InChI is InChI=1S/C22H25.C21H23.2CH3.2ClH.Ge.Zr/c1-15(2)18-13-17-7-6-8-20(21(17)14-18)16-9-11-19(12-10-16)22(3,4)5;1-14-12-19-15(2)6-11-18(20(19)13-14)16-7-9-17(10-8-16)21(3,4)5;;;;;;/h6-15H,1-5H3;6-13H,1-5H3;2*1H3;2*1H;;/q4*-1;;;;. The third-order valence-electron chi connectivity index (χ3n) is 8.81. The van der Waals surface area contributed by atoms with Crippen LogP contribution in [0.15, 0.2) is 103 Å². The van der Waals surface area contributed by atoms with Crippen molar-refractivity contribution in [3.8, 4) is 22.3 Å². The van der Waals surface area contributed by atoms with E-state index < -0.39 is 0 Å². The molecule has 0 N–H and O–H groups in total. The molecule has 262 valence electrons. The fourth-order valence-electron chi connectivity index (χ4n) is 5.98. The van der Waals surface area contributed by atoms with Crippen molar-refractivity contribution < 1.29 is 21.6 Å². The Bertz CT molecular complexity index is 1880. The predicted molar refractivity (Wildman–Crippen MR) is 224 cm³/mol. The zero-order valence-corrected chi connectivity index (χ0v) is 37.9. The summed E-state index contributed by atoms with van der Waals surface area (Å²) in [5.74, 6) is 0.573. The number of fused-ring (bicyclic) bond motifs is 2. The Morgan fingerprint density at radius 3 is 1.51 bits per heavy atom. The minimum atomic E-state index is 0. The van der Waals surface area contributed by atoms with Crippen LogP contribution < -0.4 is 0 Å². The van der Waals surface area contributed by atoms with Crippen LogP contribution in [0.5, 0.6) is 0 Å². The molecule has 6 aromatic carbocycles. The van der Waals surface area contributed by atoms with E-state index in [1.807, 2.05) is 0 Å². The van der Waals surface area contributed by atoms with Gasteiger partial charge in [-0.3, -0.25) is 0 Å². The second-order valence-corrected chi connectivity index (χ2v) is 14.7. The van der Waals surface area contributed by atoms with Crippen LogP contribution in [0.3, 0.4) is 0 Å². The van der Waals surface area contributed by atoms with Gasteiger partial charge in [0.1, 0.15) is 0 Å². The zero-order valence-electron chi connectivity index (χ0n) is 31.7. The van der Waals surface area contributed by atoms with Gasteiger partial charge < -0.3 is 14.9 Å². The SMILES string of the molecule is CC(C)c1cc2c(-c3ccc(C(C)(C)C)cc3)cccc2[cH-]1.Cc1cc2c(-c3ccc(C(C)(C)C)cc3)ccc(C)c2[cH-]1.Cl.Cl.[CH3-].[CH3-].[Ge]=[Zr]. The first-order valence-corrected chi connectivity index (χ1v) is 23.5. The van der Waals surface area contributed by atoms with Crippen LogP contribution in [0.2, 0.25) is 0 Å². The summed E-state index contributed by atoms with van der Waals surface area (Å²) in [5.41, 5.74) is 12.6. The molecule has 0 fully saturated rings. The summed E-state index contributed by atoms with van der Waals surface area (Å²) in [6.07, 6.45) is 0. The van der Waals surface area contributed by atoms with Crippen molar-refractivity contribution in [1.29, 1.82) is 0 Å². The normalized spacial score (nSPS) is 10.7. The molecule has 0 saturated heterocycles. The molecule has 0 amide bonds. The number of halogens is 2. The van der Waals surface area contributed by atoms with Crippen molar-refractivity contribution >= 4 is 58.5 Å². The van der Waals surface area contributed by atoms with E-state index in [4.69, 9.17) is 0 Å². The molecule has 0 heterocycles. The number of rotatable bonds is 3. The van der Waals surface area contributed by atoms with Gasteiger partial charge in [0.25, 0.3) is 0 Å². The molecule has 0 saturated carbocycles. The van der Waals surface area contributed by atoms with Gasteiger partial charge in [-0.05, 0) is 39.0 Å². The molecule has 0 unspecified atom stereocenters. The van der Waals surface area contributed by atoms with Crippen molar-refractivity contribution in [3.05, 3.63) is 146 Å².